The lowest BCUT2D eigenvalue weighted by Crippen LogP contribution is -2.49. The number of carbonyl (C=O) groups is 2. The van der Waals surface area contributed by atoms with Gasteiger partial charge in [0.05, 0.1) is 10.8 Å². The fourth-order valence-corrected chi connectivity index (χ4v) is 5.19. The van der Waals surface area contributed by atoms with Crippen LogP contribution in [0, 0.1) is 16.7 Å². The molecule has 0 spiro atoms. The van der Waals surface area contributed by atoms with Crippen molar-refractivity contribution in [1.29, 1.82) is 0 Å². The number of aliphatic carboxylic acids is 1. The number of amides is 1. The van der Waals surface area contributed by atoms with Crippen LogP contribution in [0.4, 0.5) is 0 Å². The average Bonchev–Trinajstić information content (AvgIpc) is 3.09. The molecular weight excluding hydrogens is 302 g/mol. The molecule has 4 heteroatoms. The Bertz CT molecular complexity index is 652. The average molecular weight is 327 g/mol. The Labute approximate surface area is 142 Å². The molecule has 2 atom stereocenters. The van der Waals surface area contributed by atoms with E-state index in [1.54, 1.807) is 0 Å². The van der Waals surface area contributed by atoms with Crippen LogP contribution in [-0.4, -0.2) is 35.0 Å². The van der Waals surface area contributed by atoms with Crippen LogP contribution < -0.4 is 0 Å². The highest BCUT2D eigenvalue weighted by molar-refractivity contribution is 5.86. The SMILES string of the molecule is O=C(N1C[C@@H]2CCC[C@@]2(C(=O)O)C1)C1(Cc2ccccc2)CCC1. The summed E-state index contributed by atoms with van der Waals surface area (Å²) < 4.78 is 0. The van der Waals surface area contributed by atoms with Crippen LogP contribution in [0.5, 0.6) is 0 Å². The van der Waals surface area contributed by atoms with Crippen molar-refractivity contribution in [1.82, 2.24) is 4.90 Å². The van der Waals surface area contributed by atoms with Gasteiger partial charge in [0.1, 0.15) is 0 Å². The Kier molecular flexibility index (Phi) is 3.66. The van der Waals surface area contributed by atoms with Crippen molar-refractivity contribution in [2.75, 3.05) is 13.1 Å². The van der Waals surface area contributed by atoms with Crippen LogP contribution in [0.15, 0.2) is 30.3 Å². The zero-order valence-corrected chi connectivity index (χ0v) is 14.0. The fourth-order valence-electron chi connectivity index (χ4n) is 5.19. The third-order valence-corrected chi connectivity index (χ3v) is 6.73. The molecule has 1 aromatic carbocycles. The van der Waals surface area contributed by atoms with Crippen molar-refractivity contribution in [3.8, 4) is 0 Å². The van der Waals surface area contributed by atoms with Crippen molar-refractivity contribution in [3.63, 3.8) is 0 Å². The highest BCUT2D eigenvalue weighted by Gasteiger charge is 2.58. The molecule has 0 bridgehead atoms. The van der Waals surface area contributed by atoms with Gasteiger partial charge in [-0.25, -0.2) is 0 Å². The molecule has 1 aromatic rings. The van der Waals surface area contributed by atoms with Crippen LogP contribution >= 0.6 is 0 Å². The van der Waals surface area contributed by atoms with E-state index in [0.29, 0.717) is 13.1 Å². The van der Waals surface area contributed by atoms with Gasteiger partial charge in [-0.15, -0.1) is 0 Å². The van der Waals surface area contributed by atoms with Crippen LogP contribution in [0.3, 0.4) is 0 Å². The molecule has 1 amide bonds. The minimum Gasteiger partial charge on any atom is -0.481 e. The zero-order chi connectivity index (χ0) is 16.8. The summed E-state index contributed by atoms with van der Waals surface area (Å²) in [5, 5.41) is 9.74. The quantitative estimate of drug-likeness (QED) is 0.924. The van der Waals surface area contributed by atoms with E-state index in [2.05, 4.69) is 12.1 Å². The molecule has 0 aromatic heterocycles. The van der Waals surface area contributed by atoms with Crippen molar-refractivity contribution >= 4 is 11.9 Å². The molecule has 2 saturated carbocycles. The Hall–Kier alpha value is -1.84. The van der Waals surface area contributed by atoms with E-state index in [-0.39, 0.29) is 17.2 Å². The van der Waals surface area contributed by atoms with Gasteiger partial charge in [-0.3, -0.25) is 9.59 Å². The Morgan fingerprint density at radius 1 is 1.12 bits per heavy atom. The number of fused-ring (bicyclic) bond motifs is 1. The second-order valence-electron chi connectivity index (χ2n) is 8.03. The lowest BCUT2D eigenvalue weighted by Gasteiger charge is -2.43. The smallest absolute Gasteiger partial charge is 0.311 e. The molecule has 4 nitrogen and oxygen atoms in total. The minimum atomic E-state index is -0.703. The maximum absolute atomic E-state index is 13.3. The molecule has 3 aliphatic rings. The molecule has 1 aliphatic heterocycles. The molecule has 1 N–H and O–H groups in total. The van der Waals surface area contributed by atoms with Gasteiger partial charge in [0, 0.05) is 13.1 Å². The van der Waals surface area contributed by atoms with Gasteiger partial charge >= 0.3 is 5.97 Å². The van der Waals surface area contributed by atoms with Crippen molar-refractivity contribution < 1.29 is 14.7 Å². The van der Waals surface area contributed by atoms with Crippen LogP contribution in [0.2, 0.25) is 0 Å². The maximum Gasteiger partial charge on any atom is 0.311 e. The van der Waals surface area contributed by atoms with Gasteiger partial charge in [-0.2, -0.15) is 0 Å². The number of hydrogen-bond donors (Lipinski definition) is 1. The summed E-state index contributed by atoms with van der Waals surface area (Å²) in [6.45, 7) is 1.06. The monoisotopic (exact) mass is 327 g/mol. The lowest BCUT2D eigenvalue weighted by atomic mass is 9.64. The summed E-state index contributed by atoms with van der Waals surface area (Å²) in [6, 6.07) is 10.2. The highest BCUT2D eigenvalue weighted by atomic mass is 16.4. The Morgan fingerprint density at radius 2 is 1.88 bits per heavy atom. The van der Waals surface area contributed by atoms with E-state index < -0.39 is 11.4 Å². The first-order valence-electron chi connectivity index (χ1n) is 9.13. The molecule has 0 radical (unpaired) electrons. The van der Waals surface area contributed by atoms with Gasteiger partial charge in [-0.1, -0.05) is 43.2 Å². The highest BCUT2D eigenvalue weighted by Crippen LogP contribution is 2.52. The van der Waals surface area contributed by atoms with Crippen molar-refractivity contribution in [2.24, 2.45) is 16.7 Å². The largest absolute Gasteiger partial charge is 0.481 e. The minimum absolute atomic E-state index is 0.146. The maximum atomic E-state index is 13.3. The van der Waals surface area contributed by atoms with E-state index in [1.165, 1.54) is 5.56 Å². The number of nitrogens with zero attached hydrogens (tertiary/aromatic N) is 1. The van der Waals surface area contributed by atoms with Crippen LogP contribution in [0.1, 0.15) is 44.1 Å². The molecule has 24 heavy (non-hydrogen) atoms. The van der Waals surface area contributed by atoms with Crippen LogP contribution in [-0.2, 0) is 16.0 Å². The predicted octanol–water partition coefficient (Wildman–Crippen LogP) is 3.11. The first-order chi connectivity index (χ1) is 11.6. The number of rotatable bonds is 4. The third-order valence-electron chi connectivity index (χ3n) is 6.73. The van der Waals surface area contributed by atoms with E-state index in [9.17, 15) is 14.7 Å². The fraction of sp³-hybridized carbons (Fsp3) is 0.600. The molecule has 3 fully saturated rings. The lowest BCUT2D eigenvalue weighted by molar-refractivity contribution is -0.151. The number of carboxylic acids is 1. The zero-order valence-electron chi connectivity index (χ0n) is 14.0. The van der Waals surface area contributed by atoms with Crippen molar-refractivity contribution in [2.45, 2.75) is 44.9 Å². The summed E-state index contributed by atoms with van der Waals surface area (Å²) in [5.41, 5.74) is 0.241. The summed E-state index contributed by atoms with van der Waals surface area (Å²) in [6.07, 6.45) is 6.40. The number of carboxylic acid groups (broad SMARTS) is 1. The summed E-state index contributed by atoms with van der Waals surface area (Å²) in [7, 11) is 0. The van der Waals surface area contributed by atoms with Crippen LogP contribution in [0.25, 0.3) is 0 Å². The number of hydrogen-bond acceptors (Lipinski definition) is 2. The number of benzene rings is 1. The third kappa shape index (κ3) is 2.27. The molecule has 128 valence electrons. The summed E-state index contributed by atoms with van der Waals surface area (Å²) in [4.78, 5) is 27.0. The molecule has 4 rings (SSSR count). The standard InChI is InChI=1S/C20H25NO3/c22-17(19(9-5-10-19)12-15-6-2-1-3-7-15)21-13-16-8-4-11-20(16,14-21)18(23)24/h1-3,6-7,16H,4-5,8-14H2,(H,23,24)/t16-,20+/m0/s1. The Morgan fingerprint density at radius 3 is 2.46 bits per heavy atom. The summed E-state index contributed by atoms with van der Waals surface area (Å²) in [5.74, 6) is -0.355. The predicted molar refractivity (Wildman–Crippen MR) is 90.4 cm³/mol. The molecular formula is C20H25NO3. The molecule has 0 unspecified atom stereocenters. The van der Waals surface area contributed by atoms with Crippen molar-refractivity contribution in [3.05, 3.63) is 35.9 Å². The van der Waals surface area contributed by atoms with E-state index in [1.807, 2.05) is 23.1 Å². The summed E-state index contributed by atoms with van der Waals surface area (Å²) >= 11 is 0. The van der Waals surface area contributed by atoms with Gasteiger partial charge in [-0.05, 0) is 43.6 Å². The molecule has 1 saturated heterocycles. The topological polar surface area (TPSA) is 57.6 Å². The van der Waals surface area contributed by atoms with E-state index in [0.717, 1.165) is 44.9 Å². The number of carbonyl (C=O) groups excluding carboxylic acids is 1. The second-order valence-corrected chi connectivity index (χ2v) is 8.03. The van der Waals surface area contributed by atoms with Gasteiger partial charge < -0.3 is 10.0 Å². The molecule has 2 aliphatic carbocycles. The first-order valence-corrected chi connectivity index (χ1v) is 9.13. The van der Waals surface area contributed by atoms with Gasteiger partial charge in [0.15, 0.2) is 0 Å². The normalized spacial score (nSPS) is 30.7. The number of likely N-dealkylation sites (tertiary alicyclic amines) is 1. The Balaban J connectivity index is 1.54. The molecule has 1 heterocycles. The van der Waals surface area contributed by atoms with E-state index in [4.69, 9.17) is 0 Å². The first kappa shape index (κ1) is 15.7. The second kappa shape index (κ2) is 5.61. The van der Waals surface area contributed by atoms with Gasteiger partial charge in [0.25, 0.3) is 0 Å². The van der Waals surface area contributed by atoms with Gasteiger partial charge in [0.2, 0.25) is 5.91 Å². The van der Waals surface area contributed by atoms with E-state index >= 15 is 0 Å².